The monoisotopic (exact) mass is 368 g/mol. The summed E-state index contributed by atoms with van der Waals surface area (Å²) < 4.78 is 24.9. The van der Waals surface area contributed by atoms with Gasteiger partial charge in [0.05, 0.1) is 16.3 Å². The molecule has 1 rings (SSSR count). The van der Waals surface area contributed by atoms with E-state index >= 15 is 0 Å². The Kier molecular flexibility index (Phi) is 5.79. The number of benzene rings is 1. The lowest BCUT2D eigenvalue weighted by Crippen LogP contribution is -2.34. The van der Waals surface area contributed by atoms with Crippen molar-refractivity contribution in [2.45, 2.75) is 0 Å². The molecule has 1 aromatic rings. The van der Waals surface area contributed by atoms with Crippen molar-refractivity contribution in [3.05, 3.63) is 33.3 Å². The summed E-state index contributed by atoms with van der Waals surface area (Å²) in [5, 5.41) is 2.84. The third-order valence-corrected chi connectivity index (χ3v) is 5.03. The number of nitrogens with zero attached hydrogens (tertiary/aromatic N) is 1. The molecular weight excluding hydrogens is 356 g/mol. The first-order valence-corrected chi connectivity index (χ1v) is 8.15. The second kappa shape index (κ2) is 6.69. The third kappa shape index (κ3) is 4.76. The van der Waals surface area contributed by atoms with E-state index in [0.717, 1.165) is 8.78 Å². The molecule has 0 unspecified atom stereocenters. The molecule has 0 spiro atoms. The molecule has 0 aliphatic heterocycles. The predicted molar refractivity (Wildman–Crippen MR) is 79.0 cm³/mol. The Hall–Kier alpha value is -0.630. The van der Waals surface area contributed by atoms with Gasteiger partial charge < -0.3 is 5.32 Å². The van der Waals surface area contributed by atoms with E-state index in [1.807, 2.05) is 0 Å². The summed E-state index contributed by atoms with van der Waals surface area (Å²) in [6.45, 7) is 0.0299. The van der Waals surface area contributed by atoms with Gasteiger partial charge in [-0.15, -0.1) is 0 Å². The van der Waals surface area contributed by atoms with E-state index < -0.39 is 15.9 Å². The molecule has 1 amide bonds. The van der Waals surface area contributed by atoms with Crippen LogP contribution in [0.2, 0.25) is 5.02 Å². The Morgan fingerprint density at radius 2 is 2.05 bits per heavy atom. The van der Waals surface area contributed by atoms with Crippen molar-refractivity contribution in [1.82, 2.24) is 9.62 Å². The molecule has 5 nitrogen and oxygen atoms in total. The van der Waals surface area contributed by atoms with Crippen LogP contribution in [0.5, 0.6) is 0 Å². The van der Waals surface area contributed by atoms with Gasteiger partial charge in [0.1, 0.15) is 0 Å². The van der Waals surface area contributed by atoms with E-state index in [1.54, 1.807) is 18.2 Å². The fourth-order valence-electron chi connectivity index (χ4n) is 1.24. The van der Waals surface area contributed by atoms with E-state index in [2.05, 4.69) is 21.2 Å². The second-order valence-corrected chi connectivity index (χ2v) is 7.60. The van der Waals surface area contributed by atoms with Gasteiger partial charge in [-0.3, -0.25) is 4.79 Å². The molecule has 0 radical (unpaired) electrons. The minimum absolute atomic E-state index is 0.0299. The van der Waals surface area contributed by atoms with Crippen molar-refractivity contribution >= 4 is 43.5 Å². The standard InChI is InChI=1S/C11H14BrClN2O3S/c1-15(2)19(17,18)6-5-14-11(16)9-7-8(12)3-4-10(9)13/h3-4,7H,5-6H2,1-2H3,(H,14,16). The maximum Gasteiger partial charge on any atom is 0.252 e. The van der Waals surface area contributed by atoms with Gasteiger partial charge in [0.15, 0.2) is 0 Å². The van der Waals surface area contributed by atoms with Gasteiger partial charge in [-0.25, -0.2) is 12.7 Å². The van der Waals surface area contributed by atoms with Crippen molar-refractivity contribution in [3.8, 4) is 0 Å². The molecule has 1 N–H and O–H groups in total. The smallest absolute Gasteiger partial charge is 0.252 e. The van der Waals surface area contributed by atoms with Crippen LogP contribution < -0.4 is 5.32 Å². The first-order valence-electron chi connectivity index (χ1n) is 5.37. The predicted octanol–water partition coefficient (Wildman–Crippen LogP) is 1.72. The van der Waals surface area contributed by atoms with E-state index in [9.17, 15) is 13.2 Å². The summed E-state index contributed by atoms with van der Waals surface area (Å²) in [6.07, 6.45) is 0. The van der Waals surface area contributed by atoms with Crippen LogP contribution in [0.1, 0.15) is 10.4 Å². The van der Waals surface area contributed by atoms with Gasteiger partial charge >= 0.3 is 0 Å². The van der Waals surface area contributed by atoms with Crippen molar-refractivity contribution in [2.24, 2.45) is 0 Å². The summed E-state index contributed by atoms with van der Waals surface area (Å²) >= 11 is 9.14. The molecule has 0 fully saturated rings. The van der Waals surface area contributed by atoms with Crippen molar-refractivity contribution in [3.63, 3.8) is 0 Å². The Bertz CT molecular complexity index is 575. The van der Waals surface area contributed by atoms with Gasteiger partial charge in [0.25, 0.3) is 5.91 Å². The van der Waals surface area contributed by atoms with Crippen molar-refractivity contribution < 1.29 is 13.2 Å². The lowest BCUT2D eigenvalue weighted by molar-refractivity contribution is 0.0956. The highest BCUT2D eigenvalue weighted by Gasteiger charge is 2.15. The number of halogens is 2. The number of carbonyl (C=O) groups is 1. The zero-order chi connectivity index (χ0) is 14.6. The number of rotatable bonds is 5. The number of amides is 1. The van der Waals surface area contributed by atoms with Gasteiger partial charge in [0, 0.05) is 25.1 Å². The number of nitrogens with one attached hydrogen (secondary N) is 1. The fraction of sp³-hybridized carbons (Fsp3) is 0.364. The maximum absolute atomic E-state index is 11.8. The first kappa shape index (κ1) is 16.4. The van der Waals surface area contributed by atoms with Crippen LogP contribution in [0.25, 0.3) is 0 Å². The minimum atomic E-state index is -3.32. The summed E-state index contributed by atoms with van der Waals surface area (Å²) in [7, 11) is -0.424. The summed E-state index contributed by atoms with van der Waals surface area (Å²) in [5.41, 5.74) is 0.304. The Balaban J connectivity index is 2.64. The van der Waals surface area contributed by atoms with E-state index in [4.69, 9.17) is 11.6 Å². The second-order valence-electron chi connectivity index (χ2n) is 3.98. The number of carbonyl (C=O) groups excluding carboxylic acids is 1. The van der Waals surface area contributed by atoms with Gasteiger partial charge in [-0.1, -0.05) is 27.5 Å². The van der Waals surface area contributed by atoms with Crippen LogP contribution in [0.4, 0.5) is 0 Å². The van der Waals surface area contributed by atoms with E-state index in [1.165, 1.54) is 14.1 Å². The summed E-state index contributed by atoms with van der Waals surface area (Å²) in [4.78, 5) is 11.8. The Morgan fingerprint density at radius 1 is 1.42 bits per heavy atom. The Labute approximate surface area is 126 Å². The van der Waals surface area contributed by atoms with Crippen LogP contribution in [-0.2, 0) is 10.0 Å². The lowest BCUT2D eigenvalue weighted by atomic mass is 10.2. The molecular formula is C11H14BrClN2O3S. The maximum atomic E-state index is 11.8. The van der Waals surface area contributed by atoms with Crippen LogP contribution >= 0.6 is 27.5 Å². The van der Waals surface area contributed by atoms with Crippen LogP contribution in [0, 0.1) is 0 Å². The molecule has 0 bridgehead atoms. The molecule has 19 heavy (non-hydrogen) atoms. The zero-order valence-electron chi connectivity index (χ0n) is 10.5. The highest BCUT2D eigenvalue weighted by atomic mass is 79.9. The van der Waals surface area contributed by atoms with Gasteiger partial charge in [-0.05, 0) is 18.2 Å². The molecule has 0 aliphatic rings. The summed E-state index contributed by atoms with van der Waals surface area (Å²) in [6, 6.07) is 4.89. The lowest BCUT2D eigenvalue weighted by Gasteiger charge is -2.12. The molecule has 106 valence electrons. The van der Waals surface area contributed by atoms with Gasteiger partial charge in [-0.2, -0.15) is 0 Å². The molecule has 1 aromatic carbocycles. The first-order chi connectivity index (χ1) is 8.74. The SMILES string of the molecule is CN(C)S(=O)(=O)CCNC(=O)c1cc(Br)ccc1Cl. The largest absolute Gasteiger partial charge is 0.351 e. The van der Waals surface area contributed by atoms with Gasteiger partial charge in [0.2, 0.25) is 10.0 Å². The molecule has 0 aromatic heterocycles. The number of hydrogen-bond acceptors (Lipinski definition) is 3. The molecule has 0 heterocycles. The normalized spacial score (nSPS) is 11.6. The van der Waals surface area contributed by atoms with Crippen LogP contribution in [0.3, 0.4) is 0 Å². The molecule has 8 heteroatoms. The number of sulfonamides is 1. The fourth-order valence-corrected chi connectivity index (χ4v) is 2.53. The van der Waals surface area contributed by atoms with Crippen molar-refractivity contribution in [2.75, 3.05) is 26.4 Å². The third-order valence-electron chi connectivity index (χ3n) is 2.37. The Morgan fingerprint density at radius 3 is 2.63 bits per heavy atom. The van der Waals surface area contributed by atoms with E-state index in [-0.39, 0.29) is 12.3 Å². The zero-order valence-corrected chi connectivity index (χ0v) is 13.6. The van der Waals surface area contributed by atoms with Crippen LogP contribution in [-0.4, -0.2) is 45.0 Å². The minimum Gasteiger partial charge on any atom is -0.351 e. The molecule has 0 aliphatic carbocycles. The van der Waals surface area contributed by atoms with E-state index in [0.29, 0.717) is 10.6 Å². The average molecular weight is 370 g/mol. The quantitative estimate of drug-likeness (QED) is 0.859. The molecule has 0 saturated heterocycles. The van der Waals surface area contributed by atoms with Crippen LogP contribution in [0.15, 0.2) is 22.7 Å². The molecule has 0 atom stereocenters. The van der Waals surface area contributed by atoms with Crippen molar-refractivity contribution in [1.29, 1.82) is 0 Å². The topological polar surface area (TPSA) is 66.5 Å². The average Bonchev–Trinajstić information content (AvgIpc) is 2.31. The highest BCUT2D eigenvalue weighted by Crippen LogP contribution is 2.20. The highest BCUT2D eigenvalue weighted by molar-refractivity contribution is 9.10. The number of hydrogen-bond donors (Lipinski definition) is 1. The summed E-state index contributed by atoms with van der Waals surface area (Å²) in [5.74, 6) is -0.558. The molecule has 0 saturated carbocycles.